The highest BCUT2D eigenvalue weighted by Crippen LogP contribution is 2.40. The molecule has 0 aliphatic heterocycles. The lowest BCUT2D eigenvalue weighted by Crippen LogP contribution is -2.26. The second-order valence-corrected chi connectivity index (χ2v) is 8.39. The van der Waals surface area contributed by atoms with Gasteiger partial charge in [0, 0.05) is 11.6 Å². The first-order chi connectivity index (χ1) is 12.9. The number of amides is 1. The predicted octanol–water partition coefficient (Wildman–Crippen LogP) is 5.64. The number of hydrogen-bond acceptors (Lipinski definition) is 4. The monoisotopic (exact) mass is 391 g/mol. The Bertz CT molecular complexity index is 733. The predicted molar refractivity (Wildman–Crippen MR) is 110 cm³/mol. The summed E-state index contributed by atoms with van der Waals surface area (Å²) in [6.45, 7) is 13.2. The van der Waals surface area contributed by atoms with Crippen molar-refractivity contribution in [2.45, 2.75) is 72.8 Å². The number of phenolic OH excluding ortho intramolecular Hbond substituents is 1. The molecule has 0 aliphatic carbocycles. The third-order valence-electron chi connectivity index (χ3n) is 4.85. The van der Waals surface area contributed by atoms with Crippen LogP contribution in [0.4, 0.5) is 4.79 Å². The molecule has 28 heavy (non-hydrogen) atoms. The Morgan fingerprint density at radius 1 is 1.21 bits per heavy atom. The molecule has 1 aromatic rings. The first kappa shape index (κ1) is 23.7. The van der Waals surface area contributed by atoms with Gasteiger partial charge in [-0.05, 0) is 63.3 Å². The van der Waals surface area contributed by atoms with Crippen LogP contribution >= 0.6 is 0 Å². The van der Waals surface area contributed by atoms with Gasteiger partial charge in [-0.15, -0.1) is 0 Å². The fraction of sp³-hybridized carbons (Fsp3) is 0.591. The summed E-state index contributed by atoms with van der Waals surface area (Å²) in [5, 5.41) is 19.8. The van der Waals surface area contributed by atoms with Gasteiger partial charge in [0.15, 0.2) is 0 Å². The van der Waals surface area contributed by atoms with Crippen LogP contribution in [0.25, 0.3) is 0 Å². The van der Waals surface area contributed by atoms with Crippen molar-refractivity contribution in [1.82, 2.24) is 0 Å². The number of aromatic carboxylic acids is 1. The van der Waals surface area contributed by atoms with E-state index in [4.69, 9.17) is 4.74 Å². The van der Waals surface area contributed by atoms with Crippen molar-refractivity contribution in [2.75, 3.05) is 0 Å². The summed E-state index contributed by atoms with van der Waals surface area (Å²) in [4.78, 5) is 27.6. The number of carbonyl (C=O) groups is 2. The van der Waals surface area contributed by atoms with Crippen LogP contribution in [-0.4, -0.2) is 33.6 Å². The van der Waals surface area contributed by atoms with E-state index in [-0.39, 0.29) is 29.1 Å². The zero-order chi connectivity index (χ0) is 21.6. The van der Waals surface area contributed by atoms with E-state index in [2.05, 4.69) is 18.8 Å². The maximum atomic E-state index is 12.1. The minimum atomic E-state index is -1.05. The van der Waals surface area contributed by atoms with Crippen molar-refractivity contribution in [3.8, 4) is 5.75 Å². The van der Waals surface area contributed by atoms with Gasteiger partial charge in [0.2, 0.25) is 0 Å². The Kier molecular flexibility index (Phi) is 8.21. The number of rotatable bonds is 7. The smallest absolute Gasteiger partial charge is 0.434 e. The maximum absolute atomic E-state index is 12.1. The summed E-state index contributed by atoms with van der Waals surface area (Å²) < 4.78 is 5.27. The molecule has 3 atom stereocenters. The molecule has 1 aromatic carbocycles. The lowest BCUT2D eigenvalue weighted by Gasteiger charge is -2.31. The molecule has 1 amide bonds. The van der Waals surface area contributed by atoms with Crippen LogP contribution in [0.2, 0.25) is 0 Å². The molecule has 0 bridgehead atoms. The minimum absolute atomic E-state index is 0.0508. The van der Waals surface area contributed by atoms with Gasteiger partial charge in [0.1, 0.15) is 11.4 Å². The average molecular weight is 392 g/mol. The van der Waals surface area contributed by atoms with Gasteiger partial charge in [-0.2, -0.15) is 4.99 Å². The Morgan fingerprint density at radius 2 is 1.82 bits per heavy atom. The normalized spacial score (nSPS) is 15.6. The zero-order valence-electron chi connectivity index (χ0n) is 17.9. The highest BCUT2D eigenvalue weighted by Gasteiger charge is 2.30. The molecule has 0 heterocycles. The van der Waals surface area contributed by atoms with Gasteiger partial charge in [-0.1, -0.05) is 33.6 Å². The van der Waals surface area contributed by atoms with E-state index in [9.17, 15) is 19.8 Å². The van der Waals surface area contributed by atoms with E-state index in [0.717, 1.165) is 12.8 Å². The largest absolute Gasteiger partial charge is 0.508 e. The Labute approximate surface area is 167 Å². The fourth-order valence-corrected chi connectivity index (χ4v) is 3.45. The number of benzene rings is 1. The summed E-state index contributed by atoms with van der Waals surface area (Å²) in [7, 11) is 0. The number of carboxylic acids is 1. The summed E-state index contributed by atoms with van der Waals surface area (Å²) in [6, 6.07) is 4.32. The molecule has 0 saturated heterocycles. The van der Waals surface area contributed by atoms with Crippen molar-refractivity contribution < 1.29 is 24.5 Å². The number of phenols is 1. The molecule has 0 radical (unpaired) electrons. The maximum Gasteiger partial charge on any atom is 0.434 e. The van der Waals surface area contributed by atoms with Gasteiger partial charge in [0.05, 0.1) is 5.56 Å². The molecule has 0 aliphatic rings. The highest BCUT2D eigenvalue weighted by atomic mass is 16.6. The third kappa shape index (κ3) is 6.66. The van der Waals surface area contributed by atoms with Crippen LogP contribution in [-0.2, 0) is 4.74 Å². The fourth-order valence-electron chi connectivity index (χ4n) is 3.45. The van der Waals surface area contributed by atoms with Crippen LogP contribution in [0.5, 0.6) is 5.75 Å². The van der Waals surface area contributed by atoms with Crippen LogP contribution in [0, 0.1) is 11.8 Å². The number of carbonyl (C=O) groups excluding carboxylic acids is 1. The standard InChI is InChI=1S/C22H33NO5/c1-8-9-13(2)19(17-12-16(20(25)26)10-11-18(17)24)14(3)15(4)23-21(27)28-22(5,6)7/h10-14,19,24H,8-9H2,1-7H3,(H,25,26). The topological polar surface area (TPSA) is 96.2 Å². The summed E-state index contributed by atoms with van der Waals surface area (Å²) >= 11 is 0. The molecule has 2 N–H and O–H groups in total. The Hall–Kier alpha value is -2.37. The van der Waals surface area contributed by atoms with Gasteiger partial charge >= 0.3 is 12.1 Å². The van der Waals surface area contributed by atoms with Crippen LogP contribution in [0.15, 0.2) is 23.2 Å². The van der Waals surface area contributed by atoms with Crippen molar-refractivity contribution in [1.29, 1.82) is 0 Å². The summed E-state index contributed by atoms with van der Waals surface area (Å²) in [5.74, 6) is -1.22. The number of aromatic hydroxyl groups is 1. The Morgan fingerprint density at radius 3 is 2.32 bits per heavy atom. The first-order valence-corrected chi connectivity index (χ1v) is 9.71. The molecule has 0 fully saturated rings. The molecule has 0 spiro atoms. The van der Waals surface area contributed by atoms with Gasteiger partial charge < -0.3 is 14.9 Å². The second kappa shape index (κ2) is 9.71. The minimum Gasteiger partial charge on any atom is -0.508 e. The van der Waals surface area contributed by atoms with Crippen molar-refractivity contribution in [3.63, 3.8) is 0 Å². The Balaban J connectivity index is 3.33. The number of aliphatic imine (C=N–C) groups is 1. The number of nitrogens with zero attached hydrogens (tertiary/aromatic N) is 1. The number of ether oxygens (including phenoxy) is 1. The summed E-state index contributed by atoms with van der Waals surface area (Å²) in [5.41, 5.74) is 0.637. The van der Waals surface area contributed by atoms with E-state index < -0.39 is 17.7 Å². The number of hydrogen-bond donors (Lipinski definition) is 2. The quantitative estimate of drug-likeness (QED) is 0.586. The highest BCUT2D eigenvalue weighted by molar-refractivity contribution is 5.94. The third-order valence-corrected chi connectivity index (χ3v) is 4.85. The van der Waals surface area contributed by atoms with Gasteiger partial charge in [0.25, 0.3) is 0 Å². The molecule has 6 heteroatoms. The van der Waals surface area contributed by atoms with Crippen LogP contribution in [0.3, 0.4) is 0 Å². The van der Waals surface area contributed by atoms with E-state index >= 15 is 0 Å². The SMILES string of the molecule is CCCC(C)C(c1cc(C(=O)O)ccc1O)C(C)C(C)=NC(=O)OC(C)(C)C. The van der Waals surface area contributed by atoms with Crippen LogP contribution in [0.1, 0.15) is 83.1 Å². The molecular weight excluding hydrogens is 358 g/mol. The lowest BCUT2D eigenvalue weighted by atomic mass is 9.74. The van der Waals surface area contributed by atoms with E-state index in [0.29, 0.717) is 11.3 Å². The van der Waals surface area contributed by atoms with Crippen molar-refractivity contribution in [3.05, 3.63) is 29.3 Å². The first-order valence-electron chi connectivity index (χ1n) is 9.71. The van der Waals surface area contributed by atoms with E-state index in [1.165, 1.54) is 18.2 Å². The van der Waals surface area contributed by atoms with Crippen molar-refractivity contribution in [2.24, 2.45) is 16.8 Å². The molecule has 156 valence electrons. The van der Waals surface area contributed by atoms with Crippen molar-refractivity contribution >= 4 is 17.8 Å². The molecule has 0 saturated carbocycles. The molecule has 6 nitrogen and oxygen atoms in total. The van der Waals surface area contributed by atoms with E-state index in [1.54, 1.807) is 27.7 Å². The van der Waals surface area contributed by atoms with E-state index in [1.807, 2.05) is 6.92 Å². The average Bonchev–Trinajstić information content (AvgIpc) is 2.54. The van der Waals surface area contributed by atoms with Gasteiger partial charge in [-0.25, -0.2) is 9.59 Å². The molecule has 3 unspecified atom stereocenters. The summed E-state index contributed by atoms with van der Waals surface area (Å²) in [6.07, 6.45) is 1.19. The molecule has 1 rings (SSSR count). The second-order valence-electron chi connectivity index (χ2n) is 8.39. The lowest BCUT2D eigenvalue weighted by molar-refractivity contribution is 0.0602. The molecule has 0 aromatic heterocycles. The van der Waals surface area contributed by atoms with Gasteiger partial charge in [-0.3, -0.25) is 0 Å². The molecular formula is C22H33NO5. The number of carboxylic acid groups (broad SMARTS) is 1. The zero-order valence-corrected chi connectivity index (χ0v) is 17.9. The van der Waals surface area contributed by atoms with Crippen LogP contribution < -0.4 is 0 Å².